The summed E-state index contributed by atoms with van der Waals surface area (Å²) in [5.41, 5.74) is 9.48. The zero-order valence-electron chi connectivity index (χ0n) is 22.0. The Morgan fingerprint density at radius 1 is 1.13 bits per heavy atom. The van der Waals surface area contributed by atoms with E-state index in [-0.39, 0.29) is 18.4 Å². The predicted molar refractivity (Wildman–Crippen MR) is 147 cm³/mol. The van der Waals surface area contributed by atoms with Crippen LogP contribution in [0.25, 0.3) is 11.4 Å². The number of aromatic nitrogens is 4. The van der Waals surface area contributed by atoms with Crippen molar-refractivity contribution in [1.29, 1.82) is 0 Å². The number of amides is 4. The molecule has 3 aromatic rings. The van der Waals surface area contributed by atoms with E-state index in [9.17, 15) is 14.4 Å². The highest BCUT2D eigenvalue weighted by molar-refractivity contribution is 6.05. The van der Waals surface area contributed by atoms with E-state index in [1.165, 1.54) is 37.0 Å². The number of nitrogens with two attached hydrogens (primary N) is 1. The number of nitrogens with one attached hydrogen (secondary N) is 3. The molecule has 11 nitrogen and oxygen atoms in total. The van der Waals surface area contributed by atoms with E-state index in [4.69, 9.17) is 5.73 Å². The van der Waals surface area contributed by atoms with Gasteiger partial charge in [0.25, 0.3) is 0 Å². The van der Waals surface area contributed by atoms with Gasteiger partial charge in [0.15, 0.2) is 0 Å². The molecule has 5 N–H and O–H groups in total. The summed E-state index contributed by atoms with van der Waals surface area (Å²) in [4.78, 5) is 40.5. The molecule has 11 heteroatoms. The first-order valence-electron chi connectivity index (χ1n) is 13.5. The van der Waals surface area contributed by atoms with Crippen LogP contribution in [0.3, 0.4) is 0 Å². The van der Waals surface area contributed by atoms with Crippen LogP contribution < -0.4 is 21.3 Å². The molecule has 2 atom stereocenters. The number of H-pyrrole nitrogens is 1. The minimum atomic E-state index is -0.828. The van der Waals surface area contributed by atoms with E-state index in [0.29, 0.717) is 35.1 Å². The lowest BCUT2D eigenvalue weighted by Gasteiger charge is -2.28. The molecule has 1 saturated carbocycles. The highest BCUT2D eigenvalue weighted by Crippen LogP contribution is 2.41. The van der Waals surface area contributed by atoms with Crippen LogP contribution in [0.2, 0.25) is 0 Å². The molecule has 0 radical (unpaired) electrons. The highest BCUT2D eigenvalue weighted by atomic mass is 16.2. The number of rotatable bonds is 7. The lowest BCUT2D eigenvalue weighted by atomic mass is 9.78. The maximum absolute atomic E-state index is 13.8. The number of fused-ring (bicyclic) bond motifs is 1. The molecule has 1 aromatic heterocycles. The third kappa shape index (κ3) is 6.24. The van der Waals surface area contributed by atoms with Crippen molar-refractivity contribution in [3.8, 4) is 11.4 Å². The first-order chi connectivity index (χ1) is 18.9. The van der Waals surface area contributed by atoms with Crippen molar-refractivity contribution in [3.63, 3.8) is 0 Å². The van der Waals surface area contributed by atoms with Crippen molar-refractivity contribution in [3.05, 3.63) is 53.6 Å². The second-order valence-corrected chi connectivity index (χ2v) is 10.6. The number of carbonyl (C=O) groups excluding carboxylic acids is 3. The number of hydrogen-bond donors (Lipinski definition) is 4. The topological polar surface area (TPSA) is 159 Å². The van der Waals surface area contributed by atoms with Crippen molar-refractivity contribution < 1.29 is 14.4 Å². The van der Waals surface area contributed by atoms with Crippen LogP contribution in [0.4, 0.5) is 16.2 Å². The number of aryl methyl sites for hydroxylation is 1. The molecular weight excluding hydrogens is 496 g/mol. The summed E-state index contributed by atoms with van der Waals surface area (Å²) in [7, 11) is 0. The standard InChI is InChI=1S/C28H34N8O3/c1-17-10-11-22-20(13-18-6-3-2-4-7-18)15-23(27(38)36(16-25(29)37)24(22)12-17)31-28(39)30-21-9-5-8-19(14-21)26-32-34-35-33-26/h5,8-12,14,18,20,23H,2-4,6-7,13,15-16H2,1H3,(H2,29,37)(H2,30,31,39)(H,32,33,34,35). The van der Waals surface area contributed by atoms with Crippen LogP contribution in [0, 0.1) is 12.8 Å². The first-order valence-corrected chi connectivity index (χ1v) is 13.5. The second kappa shape index (κ2) is 11.6. The van der Waals surface area contributed by atoms with Gasteiger partial charge in [0.05, 0.1) is 0 Å². The number of tetrazole rings is 1. The van der Waals surface area contributed by atoms with Gasteiger partial charge in [0, 0.05) is 16.9 Å². The van der Waals surface area contributed by atoms with Crippen LogP contribution in [0.5, 0.6) is 0 Å². The average Bonchev–Trinajstić information content (AvgIpc) is 3.44. The normalized spacial score (nSPS) is 19.7. The van der Waals surface area contributed by atoms with Gasteiger partial charge in [-0.3, -0.25) is 9.59 Å². The fourth-order valence-electron chi connectivity index (χ4n) is 5.89. The average molecular weight is 531 g/mol. The van der Waals surface area contributed by atoms with E-state index in [1.54, 1.807) is 24.3 Å². The van der Waals surface area contributed by atoms with Gasteiger partial charge in [-0.1, -0.05) is 56.4 Å². The van der Waals surface area contributed by atoms with Gasteiger partial charge in [0.1, 0.15) is 12.6 Å². The number of hydrogen-bond acceptors (Lipinski definition) is 6. The monoisotopic (exact) mass is 530 g/mol. The van der Waals surface area contributed by atoms with Crippen molar-refractivity contribution in [2.75, 3.05) is 16.8 Å². The number of nitrogens with zero attached hydrogens (tertiary/aromatic N) is 4. The van der Waals surface area contributed by atoms with Crippen molar-refractivity contribution in [2.45, 2.75) is 63.8 Å². The van der Waals surface area contributed by atoms with Gasteiger partial charge in [-0.25, -0.2) is 4.79 Å². The maximum Gasteiger partial charge on any atom is 0.319 e. The highest BCUT2D eigenvalue weighted by Gasteiger charge is 2.37. The van der Waals surface area contributed by atoms with Crippen LogP contribution in [0.15, 0.2) is 42.5 Å². The SMILES string of the molecule is Cc1ccc2c(c1)N(CC(N)=O)C(=O)C(NC(=O)Nc1cccc(-c3nn[nH]n3)c1)CC2CC1CCCCC1. The van der Waals surface area contributed by atoms with Crippen molar-refractivity contribution in [2.24, 2.45) is 11.7 Å². The van der Waals surface area contributed by atoms with Crippen LogP contribution in [0.1, 0.15) is 62.0 Å². The largest absolute Gasteiger partial charge is 0.368 e. The van der Waals surface area contributed by atoms with E-state index in [1.807, 2.05) is 19.1 Å². The molecule has 2 unspecified atom stereocenters. The molecule has 2 heterocycles. The second-order valence-electron chi connectivity index (χ2n) is 10.6. The first kappa shape index (κ1) is 26.3. The van der Waals surface area contributed by atoms with E-state index in [2.05, 4.69) is 37.3 Å². The summed E-state index contributed by atoms with van der Waals surface area (Å²) in [5, 5.41) is 19.6. The Labute approximate surface area is 226 Å². The fourth-order valence-corrected chi connectivity index (χ4v) is 5.89. The summed E-state index contributed by atoms with van der Waals surface area (Å²) in [5.74, 6) is 0.0691. The molecule has 1 fully saturated rings. The van der Waals surface area contributed by atoms with Crippen molar-refractivity contribution in [1.82, 2.24) is 25.9 Å². The Hall–Kier alpha value is -4.28. The molecule has 39 heavy (non-hydrogen) atoms. The maximum atomic E-state index is 13.8. The van der Waals surface area contributed by atoms with Gasteiger partial charge in [-0.05, 0) is 66.1 Å². The molecule has 5 rings (SSSR count). The Balaban J connectivity index is 1.40. The number of benzene rings is 2. The summed E-state index contributed by atoms with van der Waals surface area (Å²) in [6.45, 7) is 1.71. The summed E-state index contributed by atoms with van der Waals surface area (Å²) < 4.78 is 0. The Morgan fingerprint density at radius 2 is 1.95 bits per heavy atom. The van der Waals surface area contributed by atoms with Crippen LogP contribution in [-0.2, 0) is 9.59 Å². The van der Waals surface area contributed by atoms with Gasteiger partial charge in [-0.2, -0.15) is 5.21 Å². The molecule has 2 aliphatic rings. The molecule has 0 saturated heterocycles. The zero-order chi connectivity index (χ0) is 27.4. The summed E-state index contributed by atoms with van der Waals surface area (Å²) in [6, 6.07) is 11.7. The number of primary amides is 1. The third-order valence-corrected chi connectivity index (χ3v) is 7.69. The molecule has 2 aromatic carbocycles. The summed E-state index contributed by atoms with van der Waals surface area (Å²) >= 11 is 0. The Morgan fingerprint density at radius 3 is 2.69 bits per heavy atom. The smallest absolute Gasteiger partial charge is 0.319 e. The lowest BCUT2D eigenvalue weighted by Crippen LogP contribution is -2.51. The molecule has 1 aliphatic heterocycles. The van der Waals surface area contributed by atoms with Crippen LogP contribution >= 0.6 is 0 Å². The minimum Gasteiger partial charge on any atom is -0.368 e. The van der Waals surface area contributed by atoms with Gasteiger partial charge in [0.2, 0.25) is 17.6 Å². The van der Waals surface area contributed by atoms with Crippen LogP contribution in [-0.4, -0.2) is 51.1 Å². The third-order valence-electron chi connectivity index (χ3n) is 7.69. The predicted octanol–water partition coefficient (Wildman–Crippen LogP) is 3.64. The van der Waals surface area contributed by atoms with Gasteiger partial charge in [-0.15, -0.1) is 10.2 Å². The molecule has 0 spiro atoms. The summed E-state index contributed by atoms with van der Waals surface area (Å²) in [6.07, 6.45) is 7.42. The molecule has 4 amide bonds. The van der Waals surface area contributed by atoms with Gasteiger partial charge < -0.3 is 21.3 Å². The number of carbonyl (C=O) groups is 3. The minimum absolute atomic E-state index is 0.0531. The molecule has 204 valence electrons. The number of urea groups is 1. The fraction of sp³-hybridized carbons (Fsp3) is 0.429. The Bertz CT molecular complexity index is 1340. The van der Waals surface area contributed by atoms with E-state index in [0.717, 1.165) is 17.5 Å². The number of aromatic amines is 1. The molecular formula is C28H34N8O3. The van der Waals surface area contributed by atoms with E-state index >= 15 is 0 Å². The molecule has 1 aliphatic carbocycles. The van der Waals surface area contributed by atoms with Crippen molar-refractivity contribution >= 4 is 29.2 Å². The quantitative estimate of drug-likeness (QED) is 0.365. The zero-order valence-corrected chi connectivity index (χ0v) is 22.0. The van der Waals surface area contributed by atoms with E-state index < -0.39 is 18.0 Å². The Kier molecular flexibility index (Phi) is 7.85. The number of anilines is 2. The lowest BCUT2D eigenvalue weighted by molar-refractivity contribution is -0.123. The van der Waals surface area contributed by atoms with Gasteiger partial charge >= 0.3 is 6.03 Å². The molecule has 0 bridgehead atoms.